The average molecular weight is 262 g/mol. The molecule has 1 saturated carbocycles. The highest BCUT2D eigenvalue weighted by Gasteiger charge is 2.15. The van der Waals surface area contributed by atoms with Gasteiger partial charge in [-0.15, -0.1) is 0 Å². The number of ether oxygens (including phenoxy) is 1. The van der Waals surface area contributed by atoms with Crippen LogP contribution in [0.25, 0.3) is 0 Å². The third-order valence-corrected chi connectivity index (χ3v) is 3.61. The van der Waals surface area contributed by atoms with E-state index in [0.717, 1.165) is 17.9 Å². The summed E-state index contributed by atoms with van der Waals surface area (Å²) in [6.07, 6.45) is 5.10. The normalized spacial score (nSPS) is 15.2. The maximum absolute atomic E-state index is 11.7. The Morgan fingerprint density at radius 1 is 1.32 bits per heavy atom. The van der Waals surface area contributed by atoms with E-state index >= 15 is 0 Å². The summed E-state index contributed by atoms with van der Waals surface area (Å²) in [6.45, 7) is 1.32. The van der Waals surface area contributed by atoms with Crippen LogP contribution in [0.1, 0.15) is 31.2 Å². The number of carbonyl (C=O) groups excluding carboxylic acids is 1. The zero-order valence-corrected chi connectivity index (χ0v) is 11.4. The van der Waals surface area contributed by atoms with Gasteiger partial charge >= 0.3 is 6.03 Å². The highest BCUT2D eigenvalue weighted by Crippen LogP contribution is 2.23. The van der Waals surface area contributed by atoms with Crippen LogP contribution in [0, 0.1) is 5.92 Å². The minimum atomic E-state index is -0.0882. The minimum absolute atomic E-state index is 0.0882. The first-order chi connectivity index (χ1) is 9.28. The first kappa shape index (κ1) is 13.7. The number of methoxy groups -OCH3 is 1. The number of hydrogen-bond acceptors (Lipinski definition) is 2. The molecule has 0 bridgehead atoms. The van der Waals surface area contributed by atoms with Gasteiger partial charge in [0.25, 0.3) is 0 Å². The lowest BCUT2D eigenvalue weighted by atomic mass is 10.1. The Bertz CT molecular complexity index is 414. The Morgan fingerprint density at radius 2 is 2.11 bits per heavy atom. The van der Waals surface area contributed by atoms with Gasteiger partial charge in [0.1, 0.15) is 5.75 Å². The lowest BCUT2D eigenvalue weighted by molar-refractivity contribution is 0.238. The van der Waals surface area contributed by atoms with Crippen LogP contribution in [-0.2, 0) is 6.54 Å². The van der Waals surface area contributed by atoms with Crippen molar-refractivity contribution in [3.63, 3.8) is 0 Å². The first-order valence-electron chi connectivity index (χ1n) is 6.92. The fourth-order valence-corrected chi connectivity index (χ4v) is 2.48. The van der Waals surface area contributed by atoms with E-state index in [-0.39, 0.29) is 6.03 Å². The number of benzene rings is 1. The molecule has 1 fully saturated rings. The third kappa shape index (κ3) is 4.47. The van der Waals surface area contributed by atoms with Gasteiger partial charge in [0, 0.05) is 13.1 Å². The van der Waals surface area contributed by atoms with Crippen molar-refractivity contribution in [2.24, 2.45) is 5.92 Å². The van der Waals surface area contributed by atoms with Crippen molar-refractivity contribution in [2.45, 2.75) is 32.2 Å². The van der Waals surface area contributed by atoms with E-state index in [2.05, 4.69) is 10.6 Å². The Morgan fingerprint density at radius 3 is 2.84 bits per heavy atom. The largest absolute Gasteiger partial charge is 0.497 e. The Hall–Kier alpha value is -1.71. The van der Waals surface area contributed by atoms with Crippen molar-refractivity contribution >= 4 is 6.03 Å². The van der Waals surface area contributed by atoms with Gasteiger partial charge in [-0.1, -0.05) is 25.0 Å². The number of amides is 2. The third-order valence-electron chi connectivity index (χ3n) is 3.61. The zero-order valence-electron chi connectivity index (χ0n) is 11.4. The molecule has 1 aliphatic rings. The fourth-order valence-electron chi connectivity index (χ4n) is 2.48. The maximum Gasteiger partial charge on any atom is 0.315 e. The molecule has 0 atom stereocenters. The molecule has 0 saturated heterocycles. The second kappa shape index (κ2) is 7.02. The van der Waals surface area contributed by atoms with E-state index in [4.69, 9.17) is 4.74 Å². The summed E-state index contributed by atoms with van der Waals surface area (Å²) in [6, 6.07) is 7.63. The van der Waals surface area contributed by atoms with Crippen molar-refractivity contribution in [1.82, 2.24) is 10.6 Å². The molecule has 0 unspecified atom stereocenters. The Balaban J connectivity index is 1.70. The van der Waals surface area contributed by atoms with Gasteiger partial charge in [0.2, 0.25) is 0 Å². The van der Waals surface area contributed by atoms with Crippen LogP contribution in [0.2, 0.25) is 0 Å². The van der Waals surface area contributed by atoms with E-state index < -0.39 is 0 Å². The summed E-state index contributed by atoms with van der Waals surface area (Å²) in [5.74, 6) is 1.48. The highest BCUT2D eigenvalue weighted by atomic mass is 16.5. The smallest absolute Gasteiger partial charge is 0.315 e. The standard InChI is InChI=1S/C15H22N2O2/c1-19-14-8-4-7-13(9-14)11-17-15(18)16-10-12-5-2-3-6-12/h4,7-9,12H,2-3,5-6,10-11H2,1H3,(H2,16,17,18). The lowest BCUT2D eigenvalue weighted by Crippen LogP contribution is -2.37. The average Bonchev–Trinajstić information content (AvgIpc) is 2.96. The summed E-state index contributed by atoms with van der Waals surface area (Å²) in [7, 11) is 1.64. The molecule has 2 rings (SSSR count). The van der Waals surface area contributed by atoms with Crippen molar-refractivity contribution in [1.29, 1.82) is 0 Å². The zero-order chi connectivity index (χ0) is 13.5. The summed E-state index contributed by atoms with van der Waals surface area (Å²) in [5.41, 5.74) is 1.04. The molecule has 2 amide bonds. The fraction of sp³-hybridized carbons (Fsp3) is 0.533. The summed E-state index contributed by atoms with van der Waals surface area (Å²) in [5, 5.41) is 5.81. The van der Waals surface area contributed by atoms with Gasteiger partial charge in [-0.25, -0.2) is 4.79 Å². The number of hydrogen-bond donors (Lipinski definition) is 2. The van der Waals surface area contributed by atoms with Crippen LogP contribution in [0.4, 0.5) is 4.79 Å². The monoisotopic (exact) mass is 262 g/mol. The molecule has 0 aromatic heterocycles. The Kier molecular flexibility index (Phi) is 5.07. The quantitative estimate of drug-likeness (QED) is 0.857. The maximum atomic E-state index is 11.7. The highest BCUT2D eigenvalue weighted by molar-refractivity contribution is 5.73. The van der Waals surface area contributed by atoms with E-state index in [1.807, 2.05) is 24.3 Å². The van der Waals surface area contributed by atoms with Crippen molar-refractivity contribution in [2.75, 3.05) is 13.7 Å². The molecular formula is C15H22N2O2. The van der Waals surface area contributed by atoms with E-state index in [9.17, 15) is 4.79 Å². The number of carbonyl (C=O) groups is 1. The van der Waals surface area contributed by atoms with Gasteiger partial charge in [-0.2, -0.15) is 0 Å². The molecule has 0 aliphatic heterocycles. The summed E-state index contributed by atoms with van der Waals surface area (Å²) < 4.78 is 5.15. The van der Waals surface area contributed by atoms with Crippen LogP contribution in [0.5, 0.6) is 5.75 Å². The molecule has 19 heavy (non-hydrogen) atoms. The molecule has 2 N–H and O–H groups in total. The molecule has 0 radical (unpaired) electrons. The van der Waals surface area contributed by atoms with E-state index in [0.29, 0.717) is 12.5 Å². The molecule has 0 spiro atoms. The lowest BCUT2D eigenvalue weighted by Gasteiger charge is -2.12. The molecule has 4 heteroatoms. The van der Waals surface area contributed by atoms with Crippen LogP contribution < -0.4 is 15.4 Å². The molecule has 0 heterocycles. The van der Waals surface area contributed by atoms with Crippen LogP contribution in [0.15, 0.2) is 24.3 Å². The molecular weight excluding hydrogens is 240 g/mol. The van der Waals surface area contributed by atoms with Crippen LogP contribution in [0.3, 0.4) is 0 Å². The molecule has 1 aromatic rings. The van der Waals surface area contributed by atoms with Crippen LogP contribution >= 0.6 is 0 Å². The predicted molar refractivity (Wildman–Crippen MR) is 75.2 cm³/mol. The van der Waals surface area contributed by atoms with Crippen molar-refractivity contribution in [3.05, 3.63) is 29.8 Å². The minimum Gasteiger partial charge on any atom is -0.497 e. The van der Waals surface area contributed by atoms with Crippen LogP contribution in [-0.4, -0.2) is 19.7 Å². The molecule has 1 aliphatic carbocycles. The van der Waals surface area contributed by atoms with Gasteiger partial charge in [-0.3, -0.25) is 0 Å². The van der Waals surface area contributed by atoms with Crippen molar-refractivity contribution in [3.8, 4) is 5.75 Å². The summed E-state index contributed by atoms with van der Waals surface area (Å²) in [4.78, 5) is 11.7. The predicted octanol–water partition coefficient (Wildman–Crippen LogP) is 2.68. The van der Waals surface area contributed by atoms with Gasteiger partial charge < -0.3 is 15.4 Å². The second-order valence-corrected chi connectivity index (χ2v) is 5.07. The van der Waals surface area contributed by atoms with E-state index in [1.165, 1.54) is 25.7 Å². The summed E-state index contributed by atoms with van der Waals surface area (Å²) >= 11 is 0. The van der Waals surface area contributed by atoms with Gasteiger partial charge in [-0.05, 0) is 36.5 Å². The number of urea groups is 1. The molecule has 1 aromatic carbocycles. The topological polar surface area (TPSA) is 50.4 Å². The van der Waals surface area contributed by atoms with Crippen molar-refractivity contribution < 1.29 is 9.53 Å². The van der Waals surface area contributed by atoms with Gasteiger partial charge in [0.15, 0.2) is 0 Å². The molecule has 104 valence electrons. The number of nitrogens with one attached hydrogen (secondary N) is 2. The van der Waals surface area contributed by atoms with E-state index in [1.54, 1.807) is 7.11 Å². The SMILES string of the molecule is COc1cccc(CNC(=O)NCC2CCCC2)c1. The van der Waals surface area contributed by atoms with Gasteiger partial charge in [0.05, 0.1) is 7.11 Å². The molecule has 4 nitrogen and oxygen atoms in total. The number of rotatable bonds is 5. The second-order valence-electron chi connectivity index (χ2n) is 5.07. The first-order valence-corrected chi connectivity index (χ1v) is 6.92. The Labute approximate surface area is 114 Å².